The van der Waals surface area contributed by atoms with Gasteiger partial charge in [0, 0.05) is 0 Å². The molecular formula is C9H20ClP. The standard InChI is InChI=1S/C9H19P.ClH/c1-8(2)7-10-9-5-3-4-6-9;/h8-10H,3-7H2,1-2H3;1H. The van der Waals surface area contributed by atoms with Gasteiger partial charge in [-0.1, -0.05) is 26.7 Å². The maximum Gasteiger partial charge on any atom is -0.0237 e. The lowest BCUT2D eigenvalue weighted by Crippen LogP contribution is -1.97. The minimum absolute atomic E-state index is 0. The van der Waals surface area contributed by atoms with E-state index in [4.69, 9.17) is 0 Å². The molecule has 0 aromatic heterocycles. The second-order valence-electron chi connectivity index (χ2n) is 3.78. The summed E-state index contributed by atoms with van der Waals surface area (Å²) < 4.78 is 0. The Morgan fingerprint density at radius 1 is 1.27 bits per heavy atom. The zero-order chi connectivity index (χ0) is 7.40. The molecule has 1 saturated carbocycles. The minimum Gasteiger partial charge on any atom is -0.147 e. The first kappa shape index (κ1) is 11.7. The fourth-order valence-electron chi connectivity index (χ4n) is 1.53. The summed E-state index contributed by atoms with van der Waals surface area (Å²) in [6.07, 6.45) is 7.56. The van der Waals surface area contributed by atoms with Gasteiger partial charge in [0.15, 0.2) is 0 Å². The van der Waals surface area contributed by atoms with Gasteiger partial charge in [0.1, 0.15) is 0 Å². The molecule has 0 heterocycles. The molecule has 1 rings (SSSR count). The van der Waals surface area contributed by atoms with Crippen LogP contribution in [0.1, 0.15) is 39.5 Å². The lowest BCUT2D eigenvalue weighted by atomic mass is 10.3. The van der Waals surface area contributed by atoms with Gasteiger partial charge in [0.2, 0.25) is 0 Å². The summed E-state index contributed by atoms with van der Waals surface area (Å²) in [5.41, 5.74) is 1.13. The van der Waals surface area contributed by atoms with E-state index in [1.807, 2.05) is 0 Å². The van der Waals surface area contributed by atoms with Crippen LogP contribution in [0.15, 0.2) is 0 Å². The zero-order valence-electron chi connectivity index (χ0n) is 7.60. The first-order valence-electron chi connectivity index (χ1n) is 4.52. The quantitative estimate of drug-likeness (QED) is 0.602. The zero-order valence-corrected chi connectivity index (χ0v) is 9.41. The normalized spacial score (nSPS) is 19.9. The van der Waals surface area contributed by atoms with Crippen molar-refractivity contribution in [2.24, 2.45) is 5.92 Å². The van der Waals surface area contributed by atoms with Crippen LogP contribution in [0.5, 0.6) is 0 Å². The summed E-state index contributed by atoms with van der Waals surface area (Å²) >= 11 is 0. The second-order valence-corrected chi connectivity index (χ2v) is 5.42. The molecule has 0 radical (unpaired) electrons. The maximum atomic E-state index is 2.34. The molecule has 0 spiro atoms. The Morgan fingerprint density at radius 2 is 1.82 bits per heavy atom. The van der Waals surface area contributed by atoms with Crippen molar-refractivity contribution in [1.82, 2.24) is 0 Å². The predicted octanol–water partition coefficient (Wildman–Crippen LogP) is 3.69. The molecule has 11 heavy (non-hydrogen) atoms. The van der Waals surface area contributed by atoms with Crippen molar-refractivity contribution in [1.29, 1.82) is 0 Å². The number of hydrogen-bond donors (Lipinski definition) is 0. The lowest BCUT2D eigenvalue weighted by molar-refractivity contribution is 0.740. The Kier molecular flexibility index (Phi) is 6.67. The summed E-state index contributed by atoms with van der Waals surface area (Å²) in [5, 5.41) is 0. The molecule has 1 aliphatic carbocycles. The van der Waals surface area contributed by atoms with E-state index in [-0.39, 0.29) is 12.4 Å². The summed E-state index contributed by atoms with van der Waals surface area (Å²) in [7, 11) is 1.27. The van der Waals surface area contributed by atoms with E-state index < -0.39 is 0 Å². The average molecular weight is 195 g/mol. The summed E-state index contributed by atoms with van der Waals surface area (Å²) in [6, 6.07) is 0. The third-order valence-corrected chi connectivity index (χ3v) is 4.38. The van der Waals surface area contributed by atoms with E-state index in [1.54, 1.807) is 0 Å². The number of halogens is 1. The Hall–Kier alpha value is 0.720. The van der Waals surface area contributed by atoms with Crippen LogP contribution in [0.4, 0.5) is 0 Å². The molecule has 0 saturated heterocycles. The lowest BCUT2D eigenvalue weighted by Gasteiger charge is -2.10. The highest BCUT2D eigenvalue weighted by Crippen LogP contribution is 2.34. The van der Waals surface area contributed by atoms with Gasteiger partial charge < -0.3 is 0 Å². The maximum absolute atomic E-state index is 2.34. The van der Waals surface area contributed by atoms with Gasteiger partial charge in [-0.05, 0) is 30.6 Å². The summed E-state index contributed by atoms with van der Waals surface area (Å²) in [6.45, 7) is 4.67. The van der Waals surface area contributed by atoms with Crippen LogP contribution in [0.3, 0.4) is 0 Å². The van der Waals surface area contributed by atoms with E-state index in [0.717, 1.165) is 11.6 Å². The first-order chi connectivity index (χ1) is 4.79. The number of hydrogen-bond acceptors (Lipinski definition) is 0. The Morgan fingerprint density at radius 3 is 2.27 bits per heavy atom. The summed E-state index contributed by atoms with van der Waals surface area (Å²) in [5.74, 6) is 0.930. The molecule has 0 aliphatic heterocycles. The van der Waals surface area contributed by atoms with Crippen molar-refractivity contribution in [3.05, 3.63) is 0 Å². The van der Waals surface area contributed by atoms with Crippen LogP contribution in [-0.4, -0.2) is 11.8 Å². The Labute approximate surface area is 78.7 Å². The largest absolute Gasteiger partial charge is 0.147 e. The van der Waals surface area contributed by atoms with Gasteiger partial charge in [-0.15, -0.1) is 21.0 Å². The molecule has 1 unspecified atom stereocenters. The van der Waals surface area contributed by atoms with Crippen molar-refractivity contribution in [3.8, 4) is 0 Å². The molecule has 68 valence electrons. The van der Waals surface area contributed by atoms with Gasteiger partial charge in [-0.2, -0.15) is 0 Å². The van der Waals surface area contributed by atoms with E-state index in [0.29, 0.717) is 0 Å². The molecule has 1 aliphatic rings. The molecular weight excluding hydrogens is 175 g/mol. The molecule has 0 bridgehead atoms. The van der Waals surface area contributed by atoms with Crippen LogP contribution in [0.25, 0.3) is 0 Å². The molecule has 0 aromatic carbocycles. The average Bonchev–Trinajstić information content (AvgIpc) is 2.34. The van der Waals surface area contributed by atoms with E-state index in [1.165, 1.54) is 40.4 Å². The van der Waals surface area contributed by atoms with Gasteiger partial charge in [0.05, 0.1) is 0 Å². The van der Waals surface area contributed by atoms with Gasteiger partial charge in [-0.25, -0.2) is 0 Å². The van der Waals surface area contributed by atoms with Crippen LogP contribution >= 0.6 is 21.0 Å². The van der Waals surface area contributed by atoms with E-state index in [9.17, 15) is 0 Å². The van der Waals surface area contributed by atoms with E-state index >= 15 is 0 Å². The molecule has 0 N–H and O–H groups in total. The molecule has 0 nitrogen and oxygen atoms in total. The molecule has 1 atom stereocenters. The van der Waals surface area contributed by atoms with Crippen LogP contribution in [-0.2, 0) is 0 Å². The third-order valence-electron chi connectivity index (χ3n) is 2.17. The smallest absolute Gasteiger partial charge is 0.0237 e. The van der Waals surface area contributed by atoms with Gasteiger partial charge >= 0.3 is 0 Å². The van der Waals surface area contributed by atoms with Crippen molar-refractivity contribution in [2.75, 3.05) is 6.16 Å². The van der Waals surface area contributed by atoms with Gasteiger partial charge in [0.25, 0.3) is 0 Å². The fourth-order valence-corrected chi connectivity index (χ4v) is 3.15. The van der Waals surface area contributed by atoms with Crippen LogP contribution in [0.2, 0.25) is 0 Å². The van der Waals surface area contributed by atoms with Crippen molar-refractivity contribution < 1.29 is 0 Å². The number of rotatable bonds is 3. The highest BCUT2D eigenvalue weighted by molar-refractivity contribution is 7.38. The van der Waals surface area contributed by atoms with Crippen molar-refractivity contribution in [2.45, 2.75) is 45.2 Å². The van der Waals surface area contributed by atoms with Crippen LogP contribution < -0.4 is 0 Å². The Bertz CT molecular complexity index is 87.6. The molecule has 0 amide bonds. The fraction of sp³-hybridized carbons (Fsp3) is 1.00. The highest BCUT2D eigenvalue weighted by Gasteiger charge is 2.14. The third kappa shape index (κ3) is 5.04. The summed E-state index contributed by atoms with van der Waals surface area (Å²) in [4.78, 5) is 0. The molecule has 1 fully saturated rings. The second kappa shape index (κ2) is 6.26. The van der Waals surface area contributed by atoms with E-state index in [2.05, 4.69) is 13.8 Å². The van der Waals surface area contributed by atoms with Crippen molar-refractivity contribution >= 4 is 21.0 Å². The van der Waals surface area contributed by atoms with Crippen molar-refractivity contribution in [3.63, 3.8) is 0 Å². The highest BCUT2D eigenvalue weighted by atomic mass is 35.5. The first-order valence-corrected chi connectivity index (χ1v) is 5.81. The molecule has 0 aromatic rings. The predicted molar refractivity (Wildman–Crippen MR) is 57.5 cm³/mol. The van der Waals surface area contributed by atoms with Gasteiger partial charge in [-0.3, -0.25) is 0 Å². The molecule has 2 heteroatoms. The minimum atomic E-state index is 0. The Balaban J connectivity index is 0.000001000. The van der Waals surface area contributed by atoms with Crippen LogP contribution in [0, 0.1) is 5.92 Å². The SMILES string of the molecule is CC(C)CPC1CCCC1.Cl. The monoisotopic (exact) mass is 194 g/mol. The topological polar surface area (TPSA) is 0 Å².